The van der Waals surface area contributed by atoms with Gasteiger partial charge < -0.3 is 5.41 Å². The van der Waals surface area contributed by atoms with E-state index in [2.05, 4.69) is 4.99 Å². The van der Waals surface area contributed by atoms with Crippen LogP contribution >= 0.6 is 11.8 Å². The second-order valence-electron chi connectivity index (χ2n) is 1.57. The average molecular weight is 128 g/mol. The molecule has 0 aromatic rings. The first kappa shape index (κ1) is 5.82. The van der Waals surface area contributed by atoms with Crippen LogP contribution in [0.4, 0.5) is 0 Å². The molecule has 8 heavy (non-hydrogen) atoms. The number of thioether (sulfide) groups is 1. The Morgan fingerprint density at radius 3 is 3.00 bits per heavy atom. The Balaban J connectivity index is 2.49. The monoisotopic (exact) mass is 128 g/mol. The summed E-state index contributed by atoms with van der Waals surface area (Å²) < 4.78 is 0. The minimum atomic E-state index is 0.898. The Labute approximate surface area is 52.9 Å². The summed E-state index contributed by atoms with van der Waals surface area (Å²) in [5, 5.41) is 6.83. The van der Waals surface area contributed by atoms with E-state index < -0.39 is 0 Å². The van der Waals surface area contributed by atoms with Crippen LogP contribution in [0, 0.1) is 5.41 Å². The third-order valence-electron chi connectivity index (χ3n) is 0.967. The van der Waals surface area contributed by atoms with Gasteiger partial charge in [0.05, 0.1) is 5.71 Å². The minimum absolute atomic E-state index is 0.898. The fraction of sp³-hybridized carbons (Fsp3) is 0.600. The number of hydrogen-bond donors (Lipinski definition) is 1. The molecule has 1 N–H and O–H groups in total. The number of aliphatic imine (C=N–C) groups is 1. The van der Waals surface area contributed by atoms with Crippen LogP contribution in [-0.4, -0.2) is 30.0 Å². The molecule has 2 nitrogen and oxygen atoms in total. The lowest BCUT2D eigenvalue weighted by molar-refractivity contribution is 1.13. The summed E-state index contributed by atoms with van der Waals surface area (Å²) in [6.07, 6.45) is 1.34. The van der Waals surface area contributed by atoms with Gasteiger partial charge in [0.2, 0.25) is 0 Å². The summed E-state index contributed by atoms with van der Waals surface area (Å²) in [4.78, 5) is 4.10. The van der Waals surface area contributed by atoms with Gasteiger partial charge in [-0.15, -0.1) is 0 Å². The van der Waals surface area contributed by atoms with Crippen molar-refractivity contribution in [2.45, 2.75) is 0 Å². The van der Waals surface area contributed by atoms with Crippen LogP contribution in [0.25, 0.3) is 0 Å². The summed E-state index contributed by atoms with van der Waals surface area (Å²) in [6, 6.07) is 0. The first-order valence-corrected chi connectivity index (χ1v) is 3.70. The third-order valence-corrected chi connectivity index (χ3v) is 1.94. The molecule has 0 unspecified atom stereocenters. The molecule has 1 aliphatic rings. The molecule has 0 amide bonds. The SMILES string of the molecule is N=CC1=NCCSC1. The predicted octanol–water partition coefficient (Wildman–Crippen LogP) is 0.824. The molecule has 0 fully saturated rings. The fourth-order valence-electron chi connectivity index (χ4n) is 0.563. The average Bonchev–Trinajstić information content (AvgIpc) is 1.90. The maximum atomic E-state index is 6.83. The van der Waals surface area contributed by atoms with Gasteiger partial charge in [0.1, 0.15) is 0 Å². The normalized spacial score (nSPS) is 19.8. The van der Waals surface area contributed by atoms with Crippen molar-refractivity contribution in [3.05, 3.63) is 0 Å². The summed E-state index contributed by atoms with van der Waals surface area (Å²) in [6.45, 7) is 0.898. The van der Waals surface area contributed by atoms with E-state index in [4.69, 9.17) is 5.41 Å². The van der Waals surface area contributed by atoms with Crippen LogP contribution in [0.3, 0.4) is 0 Å². The Bertz CT molecular complexity index is 120. The van der Waals surface area contributed by atoms with Crippen molar-refractivity contribution in [2.24, 2.45) is 4.99 Å². The molecule has 1 aliphatic heterocycles. The van der Waals surface area contributed by atoms with E-state index >= 15 is 0 Å². The van der Waals surface area contributed by atoms with E-state index in [1.54, 1.807) is 0 Å². The van der Waals surface area contributed by atoms with E-state index in [1.165, 1.54) is 6.21 Å². The van der Waals surface area contributed by atoms with Crippen LogP contribution in [0.1, 0.15) is 0 Å². The second-order valence-corrected chi connectivity index (χ2v) is 2.68. The van der Waals surface area contributed by atoms with Gasteiger partial charge in [-0.05, 0) is 0 Å². The van der Waals surface area contributed by atoms with Gasteiger partial charge in [-0.1, -0.05) is 0 Å². The molecule has 0 bridgehead atoms. The van der Waals surface area contributed by atoms with Gasteiger partial charge in [0.25, 0.3) is 0 Å². The zero-order valence-corrected chi connectivity index (χ0v) is 5.37. The lowest BCUT2D eigenvalue weighted by Gasteiger charge is -2.05. The zero-order valence-electron chi connectivity index (χ0n) is 4.55. The number of rotatable bonds is 1. The maximum Gasteiger partial charge on any atom is 0.0622 e. The molecule has 0 aliphatic carbocycles. The summed E-state index contributed by atoms with van der Waals surface area (Å²) >= 11 is 1.85. The standard InChI is InChI=1S/C5H8N2S/c6-3-5-4-8-2-1-7-5/h3,6H,1-2,4H2. The molecule has 1 heterocycles. The molecule has 0 saturated carbocycles. The smallest absolute Gasteiger partial charge is 0.0622 e. The van der Waals surface area contributed by atoms with Crippen molar-refractivity contribution in [3.8, 4) is 0 Å². The number of nitrogens with zero attached hydrogens (tertiary/aromatic N) is 1. The maximum absolute atomic E-state index is 6.83. The van der Waals surface area contributed by atoms with Crippen LogP contribution < -0.4 is 0 Å². The minimum Gasteiger partial charge on any atom is -0.307 e. The van der Waals surface area contributed by atoms with Gasteiger partial charge in [-0.25, -0.2) is 0 Å². The van der Waals surface area contributed by atoms with Crippen LogP contribution in [0.2, 0.25) is 0 Å². The summed E-state index contributed by atoms with van der Waals surface area (Å²) in [7, 11) is 0. The van der Waals surface area contributed by atoms with Crippen molar-refractivity contribution in [1.82, 2.24) is 0 Å². The van der Waals surface area contributed by atoms with Crippen LogP contribution in [0.15, 0.2) is 4.99 Å². The molecule has 3 heteroatoms. The van der Waals surface area contributed by atoms with Crippen molar-refractivity contribution < 1.29 is 0 Å². The highest BCUT2D eigenvalue weighted by Gasteiger charge is 1.99. The van der Waals surface area contributed by atoms with Crippen molar-refractivity contribution in [3.63, 3.8) is 0 Å². The van der Waals surface area contributed by atoms with E-state index in [0.717, 1.165) is 23.8 Å². The second kappa shape index (κ2) is 2.87. The summed E-state index contributed by atoms with van der Waals surface area (Å²) in [5.41, 5.74) is 0.932. The molecule has 0 aromatic carbocycles. The van der Waals surface area contributed by atoms with Gasteiger partial charge in [-0.2, -0.15) is 11.8 Å². The van der Waals surface area contributed by atoms with Gasteiger partial charge in [0.15, 0.2) is 0 Å². The molecule has 0 spiro atoms. The highest BCUT2D eigenvalue weighted by Crippen LogP contribution is 2.04. The molecule has 1 rings (SSSR count). The topological polar surface area (TPSA) is 36.2 Å². The van der Waals surface area contributed by atoms with Gasteiger partial charge >= 0.3 is 0 Å². The Hall–Kier alpha value is -0.310. The number of hydrogen-bond acceptors (Lipinski definition) is 3. The van der Waals surface area contributed by atoms with Crippen molar-refractivity contribution in [2.75, 3.05) is 18.1 Å². The van der Waals surface area contributed by atoms with Crippen LogP contribution in [0.5, 0.6) is 0 Å². The summed E-state index contributed by atoms with van der Waals surface area (Å²) in [5.74, 6) is 2.06. The van der Waals surface area contributed by atoms with Crippen molar-refractivity contribution in [1.29, 1.82) is 5.41 Å². The largest absolute Gasteiger partial charge is 0.307 e. The molecule has 0 aromatic heterocycles. The number of nitrogens with one attached hydrogen (secondary N) is 1. The molecular formula is C5H8N2S. The first-order chi connectivity index (χ1) is 3.93. The van der Waals surface area contributed by atoms with E-state index in [0.29, 0.717) is 0 Å². The Kier molecular flexibility index (Phi) is 2.09. The zero-order chi connectivity index (χ0) is 5.82. The third kappa shape index (κ3) is 1.33. The Morgan fingerprint density at radius 2 is 2.62 bits per heavy atom. The highest BCUT2D eigenvalue weighted by molar-refractivity contribution is 8.00. The lowest BCUT2D eigenvalue weighted by Crippen LogP contribution is -2.10. The fourth-order valence-corrected chi connectivity index (χ4v) is 1.31. The van der Waals surface area contributed by atoms with Gasteiger partial charge in [0, 0.05) is 24.3 Å². The first-order valence-electron chi connectivity index (χ1n) is 2.55. The van der Waals surface area contributed by atoms with E-state index in [-0.39, 0.29) is 0 Å². The predicted molar refractivity (Wildman–Crippen MR) is 38.4 cm³/mol. The van der Waals surface area contributed by atoms with E-state index in [1.807, 2.05) is 11.8 Å². The molecule has 0 saturated heterocycles. The molecule has 0 radical (unpaired) electrons. The lowest BCUT2D eigenvalue weighted by atomic mass is 10.4. The Morgan fingerprint density at radius 1 is 1.75 bits per heavy atom. The molecular weight excluding hydrogens is 120 g/mol. The van der Waals surface area contributed by atoms with Crippen molar-refractivity contribution >= 4 is 23.7 Å². The quantitative estimate of drug-likeness (QED) is 0.521. The highest BCUT2D eigenvalue weighted by atomic mass is 32.2. The molecule has 0 atom stereocenters. The van der Waals surface area contributed by atoms with E-state index in [9.17, 15) is 0 Å². The molecule has 44 valence electrons. The van der Waals surface area contributed by atoms with Gasteiger partial charge in [-0.3, -0.25) is 4.99 Å². The van der Waals surface area contributed by atoms with Crippen LogP contribution in [-0.2, 0) is 0 Å².